The summed E-state index contributed by atoms with van der Waals surface area (Å²) in [4.78, 5) is 13.8. The molecule has 4 heteroatoms. The van der Waals surface area contributed by atoms with E-state index >= 15 is 0 Å². The maximum atomic E-state index is 12.9. The molecule has 0 aliphatic carbocycles. The van der Waals surface area contributed by atoms with Crippen LogP contribution in [0.5, 0.6) is 0 Å². The molecule has 0 heterocycles. The number of anilines is 1. The zero-order chi connectivity index (χ0) is 16.1. The summed E-state index contributed by atoms with van der Waals surface area (Å²) in [5.74, 6) is -0.279. The molecule has 2 aromatic rings. The molecule has 0 saturated heterocycles. The van der Waals surface area contributed by atoms with Crippen molar-refractivity contribution < 1.29 is 9.18 Å². The molecular weight excluding hydrogens is 279 g/mol. The molecule has 3 nitrogen and oxygen atoms in total. The molecule has 0 aliphatic heterocycles. The van der Waals surface area contributed by atoms with E-state index < -0.39 is 0 Å². The van der Waals surface area contributed by atoms with Crippen molar-refractivity contribution in [3.63, 3.8) is 0 Å². The number of benzene rings is 2. The number of carbonyl (C=O) groups excluding carboxylic acids is 1. The zero-order valence-corrected chi connectivity index (χ0v) is 13.2. The van der Waals surface area contributed by atoms with Crippen molar-refractivity contribution in [3.05, 3.63) is 65.0 Å². The fraction of sp³-hybridized carbons (Fsp3) is 0.278. The highest BCUT2D eigenvalue weighted by Crippen LogP contribution is 2.15. The number of carbonyl (C=O) groups is 1. The second-order valence-corrected chi connectivity index (χ2v) is 5.55. The molecule has 22 heavy (non-hydrogen) atoms. The third kappa shape index (κ3) is 4.32. The van der Waals surface area contributed by atoms with E-state index in [-0.39, 0.29) is 18.3 Å². The normalized spacial score (nSPS) is 10.4. The lowest BCUT2D eigenvalue weighted by molar-refractivity contribution is -0.128. The van der Waals surface area contributed by atoms with Crippen LogP contribution in [-0.2, 0) is 11.3 Å². The van der Waals surface area contributed by atoms with Crippen LogP contribution < -0.4 is 5.32 Å². The Hall–Kier alpha value is -2.36. The van der Waals surface area contributed by atoms with Crippen LogP contribution in [0.3, 0.4) is 0 Å². The minimum atomic E-state index is -0.269. The largest absolute Gasteiger partial charge is 0.376 e. The second kappa shape index (κ2) is 7.07. The molecular formula is C18H21FN2O. The first-order valence-corrected chi connectivity index (χ1v) is 7.25. The number of rotatable bonds is 5. The van der Waals surface area contributed by atoms with Gasteiger partial charge in [0.2, 0.25) is 5.91 Å². The van der Waals surface area contributed by atoms with Crippen LogP contribution in [0.2, 0.25) is 0 Å². The van der Waals surface area contributed by atoms with Crippen molar-refractivity contribution >= 4 is 11.6 Å². The maximum absolute atomic E-state index is 12.9. The second-order valence-electron chi connectivity index (χ2n) is 5.55. The molecule has 1 N–H and O–H groups in total. The maximum Gasteiger partial charge on any atom is 0.241 e. The summed E-state index contributed by atoms with van der Waals surface area (Å²) in [6.45, 7) is 4.76. The van der Waals surface area contributed by atoms with E-state index in [1.165, 1.54) is 17.7 Å². The molecule has 0 aromatic heterocycles. The molecule has 2 aromatic carbocycles. The Morgan fingerprint density at radius 1 is 1.14 bits per heavy atom. The topological polar surface area (TPSA) is 32.3 Å². The van der Waals surface area contributed by atoms with Crippen LogP contribution in [0.1, 0.15) is 16.7 Å². The van der Waals surface area contributed by atoms with Crippen LogP contribution in [-0.4, -0.2) is 24.4 Å². The summed E-state index contributed by atoms with van der Waals surface area (Å²) in [6, 6.07) is 12.3. The number of hydrogen-bond donors (Lipinski definition) is 1. The van der Waals surface area contributed by atoms with Crippen LogP contribution in [0.15, 0.2) is 42.5 Å². The fourth-order valence-electron chi connectivity index (χ4n) is 2.27. The number of nitrogens with zero attached hydrogens (tertiary/aromatic N) is 1. The van der Waals surface area contributed by atoms with E-state index in [1.54, 1.807) is 24.1 Å². The molecule has 2 rings (SSSR count). The van der Waals surface area contributed by atoms with Gasteiger partial charge in [-0.05, 0) is 43.2 Å². The van der Waals surface area contributed by atoms with Crippen molar-refractivity contribution in [2.45, 2.75) is 20.4 Å². The Balaban J connectivity index is 1.89. The lowest BCUT2D eigenvalue weighted by Crippen LogP contribution is -2.31. The molecule has 0 aliphatic rings. The van der Waals surface area contributed by atoms with Gasteiger partial charge in [-0.15, -0.1) is 0 Å². The summed E-state index contributed by atoms with van der Waals surface area (Å²) < 4.78 is 12.9. The van der Waals surface area contributed by atoms with Gasteiger partial charge in [-0.25, -0.2) is 4.39 Å². The highest BCUT2D eigenvalue weighted by Gasteiger charge is 2.09. The summed E-state index contributed by atoms with van der Waals surface area (Å²) in [5, 5.41) is 3.16. The molecule has 0 bridgehead atoms. The van der Waals surface area contributed by atoms with Crippen molar-refractivity contribution in [1.82, 2.24) is 4.90 Å². The summed E-state index contributed by atoms with van der Waals surface area (Å²) in [5.41, 5.74) is 4.19. The van der Waals surface area contributed by atoms with Gasteiger partial charge in [0.25, 0.3) is 0 Å². The molecule has 0 atom stereocenters. The van der Waals surface area contributed by atoms with E-state index in [1.807, 2.05) is 26.0 Å². The van der Waals surface area contributed by atoms with Crippen molar-refractivity contribution in [2.75, 3.05) is 18.9 Å². The minimum absolute atomic E-state index is 0.00991. The van der Waals surface area contributed by atoms with Gasteiger partial charge in [-0.3, -0.25) is 4.79 Å². The molecule has 1 amide bonds. The fourth-order valence-corrected chi connectivity index (χ4v) is 2.27. The lowest BCUT2D eigenvalue weighted by atomic mass is 10.1. The van der Waals surface area contributed by atoms with Gasteiger partial charge in [-0.2, -0.15) is 0 Å². The van der Waals surface area contributed by atoms with E-state index in [0.717, 1.165) is 16.8 Å². The van der Waals surface area contributed by atoms with Gasteiger partial charge in [0.05, 0.1) is 6.54 Å². The summed E-state index contributed by atoms with van der Waals surface area (Å²) in [6.07, 6.45) is 0. The Morgan fingerprint density at radius 2 is 1.82 bits per heavy atom. The Morgan fingerprint density at radius 3 is 2.45 bits per heavy atom. The van der Waals surface area contributed by atoms with Crippen LogP contribution in [0.25, 0.3) is 0 Å². The third-order valence-electron chi connectivity index (χ3n) is 3.57. The van der Waals surface area contributed by atoms with Gasteiger partial charge >= 0.3 is 0 Å². The number of nitrogens with one attached hydrogen (secondary N) is 1. The van der Waals surface area contributed by atoms with Gasteiger partial charge < -0.3 is 10.2 Å². The molecule has 0 radical (unpaired) electrons. The summed E-state index contributed by atoms with van der Waals surface area (Å²) in [7, 11) is 1.75. The van der Waals surface area contributed by atoms with Gasteiger partial charge in [0.1, 0.15) is 5.82 Å². The quantitative estimate of drug-likeness (QED) is 0.916. The van der Waals surface area contributed by atoms with Gasteiger partial charge in [-0.1, -0.05) is 29.8 Å². The van der Waals surface area contributed by atoms with Gasteiger partial charge in [0, 0.05) is 19.3 Å². The monoisotopic (exact) mass is 300 g/mol. The van der Waals surface area contributed by atoms with Crippen LogP contribution >= 0.6 is 0 Å². The molecule has 0 fully saturated rings. The van der Waals surface area contributed by atoms with Crippen molar-refractivity contribution in [2.24, 2.45) is 0 Å². The first-order valence-electron chi connectivity index (χ1n) is 7.25. The molecule has 0 spiro atoms. The Bertz CT molecular complexity index is 653. The lowest BCUT2D eigenvalue weighted by Gasteiger charge is -2.18. The average Bonchev–Trinajstić information content (AvgIpc) is 2.48. The number of likely N-dealkylation sites (N-methyl/N-ethyl adjacent to an activating group) is 1. The molecule has 116 valence electrons. The standard InChI is InChI=1S/C18H21FN2O/c1-13-4-9-17(14(2)10-13)20-11-18(22)21(3)12-15-5-7-16(19)8-6-15/h4-10,20H,11-12H2,1-3H3. The Kier molecular flexibility index (Phi) is 5.15. The number of hydrogen-bond acceptors (Lipinski definition) is 2. The molecule has 0 saturated carbocycles. The number of amides is 1. The van der Waals surface area contributed by atoms with Gasteiger partial charge in [0.15, 0.2) is 0 Å². The zero-order valence-electron chi connectivity index (χ0n) is 13.2. The predicted octanol–water partition coefficient (Wildman–Crippen LogP) is 3.51. The molecule has 0 unspecified atom stereocenters. The van der Waals surface area contributed by atoms with E-state index in [9.17, 15) is 9.18 Å². The number of aryl methyl sites for hydroxylation is 2. The third-order valence-corrected chi connectivity index (χ3v) is 3.57. The number of halogens is 1. The van der Waals surface area contributed by atoms with Crippen LogP contribution in [0.4, 0.5) is 10.1 Å². The van der Waals surface area contributed by atoms with Crippen molar-refractivity contribution in [3.8, 4) is 0 Å². The van der Waals surface area contributed by atoms with E-state index in [4.69, 9.17) is 0 Å². The van der Waals surface area contributed by atoms with E-state index in [0.29, 0.717) is 6.54 Å². The Labute approximate surface area is 130 Å². The first kappa shape index (κ1) is 16.0. The minimum Gasteiger partial charge on any atom is -0.376 e. The first-order chi connectivity index (χ1) is 10.5. The smallest absolute Gasteiger partial charge is 0.241 e. The highest BCUT2D eigenvalue weighted by atomic mass is 19.1. The highest BCUT2D eigenvalue weighted by molar-refractivity contribution is 5.80. The van der Waals surface area contributed by atoms with Crippen LogP contribution in [0, 0.1) is 19.7 Å². The average molecular weight is 300 g/mol. The summed E-state index contributed by atoms with van der Waals surface area (Å²) >= 11 is 0. The SMILES string of the molecule is Cc1ccc(NCC(=O)N(C)Cc2ccc(F)cc2)c(C)c1. The van der Waals surface area contributed by atoms with E-state index in [2.05, 4.69) is 11.4 Å². The van der Waals surface area contributed by atoms with Crippen molar-refractivity contribution in [1.29, 1.82) is 0 Å². The predicted molar refractivity (Wildman–Crippen MR) is 87.3 cm³/mol.